The van der Waals surface area contributed by atoms with E-state index < -0.39 is 0 Å². The SMILES string of the molecule is CC(C)CC1(C(=O)NCc2cccc(C#N)c2)CCCC1. The van der Waals surface area contributed by atoms with Crippen LogP contribution in [0.15, 0.2) is 24.3 Å². The summed E-state index contributed by atoms with van der Waals surface area (Å²) in [5, 5.41) is 12.0. The molecule has 1 aromatic rings. The topological polar surface area (TPSA) is 52.9 Å². The smallest absolute Gasteiger partial charge is 0.226 e. The largest absolute Gasteiger partial charge is 0.352 e. The van der Waals surface area contributed by atoms with Gasteiger partial charge in [-0.3, -0.25) is 4.79 Å². The predicted molar refractivity (Wildman–Crippen MR) is 83.4 cm³/mol. The second-order valence-electron chi connectivity index (χ2n) is 6.58. The summed E-state index contributed by atoms with van der Waals surface area (Å²) in [7, 11) is 0. The summed E-state index contributed by atoms with van der Waals surface area (Å²) in [5.74, 6) is 0.729. The van der Waals surface area contributed by atoms with Crippen LogP contribution in [0, 0.1) is 22.7 Å². The van der Waals surface area contributed by atoms with Gasteiger partial charge >= 0.3 is 0 Å². The van der Waals surface area contributed by atoms with Crippen LogP contribution in [0.2, 0.25) is 0 Å². The lowest BCUT2D eigenvalue weighted by Gasteiger charge is -2.29. The van der Waals surface area contributed by atoms with E-state index in [-0.39, 0.29) is 11.3 Å². The Kier molecular flexibility index (Phi) is 5.01. The Morgan fingerprint density at radius 3 is 2.71 bits per heavy atom. The van der Waals surface area contributed by atoms with Gasteiger partial charge in [0.1, 0.15) is 0 Å². The standard InChI is InChI=1S/C18H24N2O/c1-14(2)11-18(8-3-4-9-18)17(21)20-13-16-7-5-6-15(10-16)12-19/h5-7,10,14H,3-4,8-9,11,13H2,1-2H3,(H,20,21). The molecule has 0 saturated heterocycles. The second-order valence-corrected chi connectivity index (χ2v) is 6.58. The molecule has 0 atom stereocenters. The third-order valence-electron chi connectivity index (χ3n) is 4.35. The van der Waals surface area contributed by atoms with E-state index in [4.69, 9.17) is 5.26 Å². The molecule has 112 valence electrons. The number of nitrogens with zero attached hydrogens (tertiary/aromatic N) is 1. The summed E-state index contributed by atoms with van der Waals surface area (Å²) in [4.78, 5) is 12.7. The van der Waals surface area contributed by atoms with Gasteiger partial charge in [-0.25, -0.2) is 0 Å². The summed E-state index contributed by atoms with van der Waals surface area (Å²) in [6, 6.07) is 9.56. The first-order chi connectivity index (χ1) is 10.1. The molecule has 0 unspecified atom stereocenters. The van der Waals surface area contributed by atoms with E-state index in [1.807, 2.05) is 18.2 Å². The Bertz CT molecular complexity index is 536. The summed E-state index contributed by atoms with van der Waals surface area (Å²) in [5.41, 5.74) is 1.46. The molecule has 1 fully saturated rings. The van der Waals surface area contributed by atoms with Gasteiger partial charge < -0.3 is 5.32 Å². The number of amides is 1. The van der Waals surface area contributed by atoms with Crippen molar-refractivity contribution in [3.63, 3.8) is 0 Å². The van der Waals surface area contributed by atoms with E-state index in [0.717, 1.165) is 37.7 Å². The molecule has 0 heterocycles. The molecular weight excluding hydrogens is 260 g/mol. The molecule has 0 spiro atoms. The third-order valence-corrected chi connectivity index (χ3v) is 4.35. The average Bonchev–Trinajstić information content (AvgIpc) is 2.94. The van der Waals surface area contributed by atoms with Gasteiger partial charge in [-0.05, 0) is 42.9 Å². The highest BCUT2D eigenvalue weighted by molar-refractivity contribution is 5.82. The Hall–Kier alpha value is -1.82. The molecule has 2 rings (SSSR count). The maximum Gasteiger partial charge on any atom is 0.226 e. The molecule has 0 aliphatic heterocycles. The summed E-state index contributed by atoms with van der Waals surface area (Å²) in [6.07, 6.45) is 5.30. The van der Waals surface area contributed by atoms with Gasteiger partial charge in [0, 0.05) is 12.0 Å². The monoisotopic (exact) mass is 284 g/mol. The molecule has 0 radical (unpaired) electrons. The van der Waals surface area contributed by atoms with Crippen molar-refractivity contribution in [3.05, 3.63) is 35.4 Å². The van der Waals surface area contributed by atoms with Crippen molar-refractivity contribution in [3.8, 4) is 6.07 Å². The van der Waals surface area contributed by atoms with E-state index in [9.17, 15) is 4.79 Å². The predicted octanol–water partition coefficient (Wildman–Crippen LogP) is 3.78. The highest BCUT2D eigenvalue weighted by Gasteiger charge is 2.41. The lowest BCUT2D eigenvalue weighted by atomic mass is 9.77. The molecule has 3 nitrogen and oxygen atoms in total. The zero-order valence-corrected chi connectivity index (χ0v) is 13.0. The third kappa shape index (κ3) is 3.85. The first kappa shape index (κ1) is 15.6. The van der Waals surface area contributed by atoms with Crippen molar-refractivity contribution < 1.29 is 4.79 Å². The number of carbonyl (C=O) groups excluding carboxylic acids is 1. The van der Waals surface area contributed by atoms with Gasteiger partial charge in [-0.1, -0.05) is 38.8 Å². The van der Waals surface area contributed by atoms with E-state index in [0.29, 0.717) is 18.0 Å². The Morgan fingerprint density at radius 1 is 1.38 bits per heavy atom. The molecule has 1 amide bonds. The van der Waals surface area contributed by atoms with Crippen LogP contribution in [0.25, 0.3) is 0 Å². The van der Waals surface area contributed by atoms with Crippen molar-refractivity contribution >= 4 is 5.91 Å². The van der Waals surface area contributed by atoms with Crippen molar-refractivity contribution in [1.82, 2.24) is 5.32 Å². The minimum absolute atomic E-state index is 0.166. The molecule has 3 heteroatoms. The molecule has 0 bridgehead atoms. The maximum atomic E-state index is 12.7. The van der Waals surface area contributed by atoms with Gasteiger partial charge in [0.05, 0.1) is 11.6 Å². The van der Waals surface area contributed by atoms with Crippen LogP contribution in [-0.4, -0.2) is 5.91 Å². The van der Waals surface area contributed by atoms with Crippen LogP contribution in [0.5, 0.6) is 0 Å². The van der Waals surface area contributed by atoms with Crippen LogP contribution in [0.1, 0.15) is 57.1 Å². The van der Waals surface area contributed by atoms with Crippen LogP contribution in [0.4, 0.5) is 0 Å². The molecule has 1 aliphatic rings. The molecule has 1 N–H and O–H groups in total. The number of rotatable bonds is 5. The lowest BCUT2D eigenvalue weighted by Crippen LogP contribution is -2.39. The number of hydrogen-bond acceptors (Lipinski definition) is 2. The normalized spacial score (nSPS) is 16.7. The van der Waals surface area contributed by atoms with E-state index in [2.05, 4.69) is 25.2 Å². The Balaban J connectivity index is 2.01. The van der Waals surface area contributed by atoms with Crippen LogP contribution >= 0.6 is 0 Å². The fourth-order valence-corrected chi connectivity index (χ4v) is 3.48. The van der Waals surface area contributed by atoms with Crippen molar-refractivity contribution in [2.75, 3.05) is 0 Å². The minimum Gasteiger partial charge on any atom is -0.352 e. The second kappa shape index (κ2) is 6.76. The quantitative estimate of drug-likeness (QED) is 0.894. The first-order valence-corrected chi connectivity index (χ1v) is 7.83. The van der Waals surface area contributed by atoms with Crippen LogP contribution in [0.3, 0.4) is 0 Å². The highest BCUT2D eigenvalue weighted by Crippen LogP contribution is 2.43. The zero-order valence-electron chi connectivity index (χ0n) is 13.0. The zero-order chi connectivity index (χ0) is 15.3. The van der Waals surface area contributed by atoms with E-state index >= 15 is 0 Å². The van der Waals surface area contributed by atoms with Crippen molar-refractivity contribution in [2.45, 2.75) is 52.5 Å². The highest BCUT2D eigenvalue weighted by atomic mass is 16.2. The van der Waals surface area contributed by atoms with Crippen LogP contribution < -0.4 is 5.32 Å². The first-order valence-electron chi connectivity index (χ1n) is 7.83. The summed E-state index contributed by atoms with van der Waals surface area (Å²) < 4.78 is 0. The number of carbonyl (C=O) groups is 1. The molecule has 1 aliphatic carbocycles. The van der Waals surface area contributed by atoms with Crippen molar-refractivity contribution in [2.24, 2.45) is 11.3 Å². The molecule has 0 aromatic heterocycles. The number of nitriles is 1. The lowest BCUT2D eigenvalue weighted by molar-refractivity contribution is -0.132. The van der Waals surface area contributed by atoms with E-state index in [1.165, 1.54) is 0 Å². The molecule has 1 saturated carbocycles. The average molecular weight is 284 g/mol. The number of benzene rings is 1. The Labute approximate surface area is 127 Å². The van der Waals surface area contributed by atoms with Gasteiger partial charge in [0.2, 0.25) is 5.91 Å². The molecular formula is C18H24N2O. The van der Waals surface area contributed by atoms with Gasteiger partial charge in [0.25, 0.3) is 0 Å². The molecule has 21 heavy (non-hydrogen) atoms. The van der Waals surface area contributed by atoms with Crippen molar-refractivity contribution in [1.29, 1.82) is 5.26 Å². The Morgan fingerprint density at radius 2 is 2.10 bits per heavy atom. The van der Waals surface area contributed by atoms with Gasteiger partial charge in [-0.2, -0.15) is 5.26 Å². The maximum absolute atomic E-state index is 12.7. The fourth-order valence-electron chi connectivity index (χ4n) is 3.48. The molecule has 1 aromatic carbocycles. The van der Waals surface area contributed by atoms with Crippen LogP contribution in [-0.2, 0) is 11.3 Å². The fraction of sp³-hybridized carbons (Fsp3) is 0.556. The number of nitrogens with one attached hydrogen (secondary N) is 1. The summed E-state index contributed by atoms with van der Waals surface area (Å²) >= 11 is 0. The van der Waals surface area contributed by atoms with Gasteiger partial charge in [0.15, 0.2) is 0 Å². The minimum atomic E-state index is -0.166. The van der Waals surface area contributed by atoms with E-state index in [1.54, 1.807) is 6.07 Å². The van der Waals surface area contributed by atoms with Gasteiger partial charge in [-0.15, -0.1) is 0 Å². The number of hydrogen-bond donors (Lipinski definition) is 1. The summed E-state index contributed by atoms with van der Waals surface area (Å²) in [6.45, 7) is 4.88.